The Morgan fingerprint density at radius 1 is 1.20 bits per heavy atom. The third-order valence-corrected chi connectivity index (χ3v) is 3.34. The number of hydrogen-bond acceptors (Lipinski definition) is 2. The van der Waals surface area contributed by atoms with E-state index < -0.39 is 0 Å². The molecule has 2 rings (SSSR count). The van der Waals surface area contributed by atoms with Gasteiger partial charge >= 0.3 is 6.03 Å². The van der Waals surface area contributed by atoms with Crippen LogP contribution in [0.4, 0.5) is 10.5 Å². The predicted octanol–water partition coefficient (Wildman–Crippen LogP) is 3.12. The SMILES string of the molecule is CCC(CCO)NC(=O)Nc1cccc2ccccc12. The van der Waals surface area contributed by atoms with Gasteiger partial charge in [-0.2, -0.15) is 0 Å². The van der Waals surface area contributed by atoms with Crippen LogP contribution in [0.5, 0.6) is 0 Å². The Kier molecular flexibility index (Phi) is 4.96. The highest BCUT2D eigenvalue weighted by atomic mass is 16.3. The van der Waals surface area contributed by atoms with Gasteiger partial charge in [0.25, 0.3) is 0 Å². The number of hydrogen-bond donors (Lipinski definition) is 3. The molecule has 1 atom stereocenters. The number of nitrogens with one attached hydrogen (secondary N) is 2. The van der Waals surface area contributed by atoms with E-state index in [1.54, 1.807) is 0 Å². The van der Waals surface area contributed by atoms with Crippen molar-refractivity contribution in [2.24, 2.45) is 0 Å². The predicted molar refractivity (Wildman–Crippen MR) is 81.9 cm³/mol. The second-order valence-electron chi connectivity index (χ2n) is 4.74. The van der Waals surface area contributed by atoms with Crippen LogP contribution in [0.2, 0.25) is 0 Å². The van der Waals surface area contributed by atoms with Crippen molar-refractivity contribution in [2.45, 2.75) is 25.8 Å². The first-order valence-electron chi connectivity index (χ1n) is 6.90. The van der Waals surface area contributed by atoms with Crippen LogP contribution in [-0.4, -0.2) is 23.8 Å². The van der Waals surface area contributed by atoms with Crippen LogP contribution in [0.15, 0.2) is 42.5 Å². The molecule has 3 N–H and O–H groups in total. The number of aliphatic hydroxyl groups excluding tert-OH is 1. The molecule has 1 unspecified atom stereocenters. The van der Waals surface area contributed by atoms with Crippen LogP contribution < -0.4 is 10.6 Å². The second-order valence-corrected chi connectivity index (χ2v) is 4.74. The fraction of sp³-hybridized carbons (Fsp3) is 0.312. The van der Waals surface area contributed by atoms with Gasteiger partial charge in [0.1, 0.15) is 0 Å². The number of urea groups is 1. The summed E-state index contributed by atoms with van der Waals surface area (Å²) < 4.78 is 0. The molecule has 2 aromatic rings. The van der Waals surface area contributed by atoms with Crippen molar-refractivity contribution in [1.29, 1.82) is 0 Å². The van der Waals surface area contributed by atoms with Crippen LogP contribution in [0.3, 0.4) is 0 Å². The van der Waals surface area contributed by atoms with Crippen molar-refractivity contribution in [1.82, 2.24) is 5.32 Å². The average Bonchev–Trinajstić information content (AvgIpc) is 2.47. The standard InChI is InChI=1S/C16H20N2O2/c1-2-13(10-11-19)17-16(20)18-15-9-5-7-12-6-3-4-8-14(12)15/h3-9,13,19H,2,10-11H2,1H3,(H2,17,18,20). The van der Waals surface area contributed by atoms with E-state index >= 15 is 0 Å². The number of fused-ring (bicyclic) bond motifs is 1. The van der Waals surface area contributed by atoms with Crippen LogP contribution in [0, 0.1) is 0 Å². The zero-order chi connectivity index (χ0) is 14.4. The Morgan fingerprint density at radius 2 is 1.95 bits per heavy atom. The van der Waals surface area contributed by atoms with Crippen molar-refractivity contribution in [2.75, 3.05) is 11.9 Å². The van der Waals surface area contributed by atoms with E-state index in [2.05, 4.69) is 10.6 Å². The van der Waals surface area contributed by atoms with Crippen molar-refractivity contribution in [3.8, 4) is 0 Å². The first-order valence-corrected chi connectivity index (χ1v) is 6.90. The van der Waals surface area contributed by atoms with Crippen molar-refractivity contribution >= 4 is 22.5 Å². The third-order valence-electron chi connectivity index (χ3n) is 3.34. The van der Waals surface area contributed by atoms with Gasteiger partial charge in [-0.05, 0) is 24.3 Å². The Bertz CT molecular complexity index is 578. The van der Waals surface area contributed by atoms with E-state index in [-0.39, 0.29) is 18.7 Å². The second kappa shape index (κ2) is 6.91. The summed E-state index contributed by atoms with van der Waals surface area (Å²) in [6.45, 7) is 2.06. The van der Waals surface area contributed by atoms with Gasteiger partial charge in [-0.1, -0.05) is 43.3 Å². The van der Waals surface area contributed by atoms with Crippen LogP contribution in [-0.2, 0) is 0 Å². The Balaban J connectivity index is 2.10. The molecule has 0 bridgehead atoms. The Labute approximate surface area is 118 Å². The summed E-state index contributed by atoms with van der Waals surface area (Å²) >= 11 is 0. The fourth-order valence-electron chi connectivity index (χ4n) is 2.21. The molecule has 0 heterocycles. The van der Waals surface area contributed by atoms with E-state index in [0.717, 1.165) is 22.9 Å². The van der Waals surface area contributed by atoms with Gasteiger partial charge in [-0.25, -0.2) is 4.79 Å². The summed E-state index contributed by atoms with van der Waals surface area (Å²) in [6, 6.07) is 13.5. The van der Waals surface area contributed by atoms with E-state index in [0.29, 0.717) is 6.42 Å². The van der Waals surface area contributed by atoms with E-state index in [1.807, 2.05) is 49.4 Å². The largest absolute Gasteiger partial charge is 0.396 e. The first-order chi connectivity index (χ1) is 9.74. The first kappa shape index (κ1) is 14.3. The molecule has 0 aliphatic carbocycles. The number of aliphatic hydroxyl groups is 1. The normalized spacial score (nSPS) is 12.1. The number of carbonyl (C=O) groups excluding carboxylic acids is 1. The molecule has 2 aromatic carbocycles. The summed E-state index contributed by atoms with van der Waals surface area (Å²) in [5.41, 5.74) is 0.791. The minimum Gasteiger partial charge on any atom is -0.396 e. The molecule has 0 aromatic heterocycles. The Hall–Kier alpha value is -2.07. The third kappa shape index (κ3) is 3.48. The minimum absolute atomic E-state index is 0.00465. The number of rotatable bonds is 5. The van der Waals surface area contributed by atoms with Gasteiger partial charge in [0.15, 0.2) is 0 Å². The average molecular weight is 272 g/mol. The Morgan fingerprint density at radius 3 is 2.70 bits per heavy atom. The number of benzene rings is 2. The van der Waals surface area contributed by atoms with Crippen LogP contribution in [0.25, 0.3) is 10.8 Å². The molecule has 0 spiro atoms. The lowest BCUT2D eigenvalue weighted by Crippen LogP contribution is -2.38. The van der Waals surface area contributed by atoms with Crippen molar-refractivity contribution < 1.29 is 9.90 Å². The van der Waals surface area contributed by atoms with Gasteiger partial charge < -0.3 is 15.7 Å². The van der Waals surface area contributed by atoms with Gasteiger partial charge in [0.05, 0.1) is 5.69 Å². The molecule has 4 nitrogen and oxygen atoms in total. The molecule has 0 saturated heterocycles. The lowest BCUT2D eigenvalue weighted by molar-refractivity contribution is 0.237. The number of amides is 2. The van der Waals surface area contributed by atoms with E-state index in [9.17, 15) is 4.79 Å². The van der Waals surface area contributed by atoms with Crippen LogP contribution >= 0.6 is 0 Å². The molecule has 106 valence electrons. The molecule has 0 fully saturated rings. The molecular weight excluding hydrogens is 252 g/mol. The highest BCUT2D eigenvalue weighted by Crippen LogP contribution is 2.22. The summed E-state index contributed by atoms with van der Waals surface area (Å²) in [7, 11) is 0. The summed E-state index contributed by atoms with van der Waals surface area (Å²) in [6.07, 6.45) is 1.36. The van der Waals surface area contributed by atoms with Gasteiger partial charge in [-0.15, -0.1) is 0 Å². The topological polar surface area (TPSA) is 61.4 Å². The maximum Gasteiger partial charge on any atom is 0.319 e. The van der Waals surface area contributed by atoms with Crippen LogP contribution in [0.1, 0.15) is 19.8 Å². The lowest BCUT2D eigenvalue weighted by Gasteiger charge is -2.17. The quantitative estimate of drug-likeness (QED) is 0.783. The fourth-order valence-corrected chi connectivity index (χ4v) is 2.21. The lowest BCUT2D eigenvalue weighted by atomic mass is 10.1. The molecule has 2 amide bonds. The molecule has 0 aliphatic heterocycles. The zero-order valence-corrected chi connectivity index (χ0v) is 11.6. The van der Waals surface area contributed by atoms with E-state index in [4.69, 9.17) is 5.11 Å². The van der Waals surface area contributed by atoms with E-state index in [1.165, 1.54) is 0 Å². The minimum atomic E-state index is -0.235. The molecular formula is C16H20N2O2. The van der Waals surface area contributed by atoms with Crippen molar-refractivity contribution in [3.63, 3.8) is 0 Å². The summed E-state index contributed by atoms with van der Waals surface area (Å²) in [5.74, 6) is 0. The zero-order valence-electron chi connectivity index (χ0n) is 11.6. The monoisotopic (exact) mass is 272 g/mol. The molecule has 4 heteroatoms. The highest BCUT2D eigenvalue weighted by Gasteiger charge is 2.10. The molecule has 0 aliphatic rings. The smallest absolute Gasteiger partial charge is 0.319 e. The van der Waals surface area contributed by atoms with Gasteiger partial charge in [0, 0.05) is 18.0 Å². The maximum atomic E-state index is 12.0. The molecule has 20 heavy (non-hydrogen) atoms. The molecule has 0 radical (unpaired) electrons. The summed E-state index contributed by atoms with van der Waals surface area (Å²) in [4.78, 5) is 12.0. The number of carbonyl (C=O) groups is 1. The van der Waals surface area contributed by atoms with Gasteiger partial charge in [-0.3, -0.25) is 0 Å². The maximum absolute atomic E-state index is 12.0. The van der Waals surface area contributed by atoms with Gasteiger partial charge in [0.2, 0.25) is 0 Å². The summed E-state index contributed by atoms with van der Waals surface area (Å²) in [5, 5.41) is 16.8. The highest BCUT2D eigenvalue weighted by molar-refractivity contribution is 6.01. The van der Waals surface area contributed by atoms with Crippen molar-refractivity contribution in [3.05, 3.63) is 42.5 Å². The molecule has 0 saturated carbocycles. The number of anilines is 1.